The summed E-state index contributed by atoms with van der Waals surface area (Å²) in [6.45, 7) is 0. The van der Waals surface area contributed by atoms with E-state index in [1.165, 1.54) is 6.07 Å². The minimum absolute atomic E-state index is 0.0462. The molecule has 0 saturated heterocycles. The summed E-state index contributed by atoms with van der Waals surface area (Å²) >= 11 is 0. The van der Waals surface area contributed by atoms with Gasteiger partial charge in [0.2, 0.25) is 0 Å². The molecule has 2 aromatic carbocycles. The van der Waals surface area contributed by atoms with E-state index >= 15 is 0 Å². The Morgan fingerprint density at radius 2 is 1.61 bits per heavy atom. The average Bonchev–Trinajstić information content (AvgIpc) is 2.30. The highest BCUT2D eigenvalue weighted by atomic mass is 19.1. The van der Waals surface area contributed by atoms with Crippen LogP contribution in [-0.2, 0) is 0 Å². The first kappa shape index (κ1) is 12.2. The standard InChI is InChI=1S/C13H7F3O2/c14-9-4-10(15)13(11(16)5-9)7-1-2-12(18)8(3-7)6-17/h1-6,18H. The van der Waals surface area contributed by atoms with E-state index < -0.39 is 23.0 Å². The summed E-state index contributed by atoms with van der Waals surface area (Å²) in [5.41, 5.74) is -0.500. The van der Waals surface area contributed by atoms with Crippen LogP contribution in [0.5, 0.6) is 5.75 Å². The van der Waals surface area contributed by atoms with Gasteiger partial charge in [-0.25, -0.2) is 13.2 Å². The molecule has 0 aromatic heterocycles. The number of aromatic hydroxyl groups is 1. The number of carbonyl (C=O) groups excluding carboxylic acids is 1. The molecule has 0 atom stereocenters. The second-order valence-corrected chi connectivity index (χ2v) is 3.64. The molecular weight excluding hydrogens is 245 g/mol. The Hall–Kier alpha value is -2.30. The van der Waals surface area contributed by atoms with Crippen LogP contribution in [0.25, 0.3) is 11.1 Å². The van der Waals surface area contributed by atoms with E-state index in [-0.39, 0.29) is 16.9 Å². The first-order chi connectivity index (χ1) is 8.52. The third-order valence-corrected chi connectivity index (χ3v) is 2.45. The Morgan fingerprint density at radius 1 is 1.00 bits per heavy atom. The van der Waals surface area contributed by atoms with E-state index in [1.807, 2.05) is 0 Å². The van der Waals surface area contributed by atoms with Crippen molar-refractivity contribution in [2.75, 3.05) is 0 Å². The van der Waals surface area contributed by atoms with Crippen LogP contribution in [0.15, 0.2) is 30.3 Å². The lowest BCUT2D eigenvalue weighted by atomic mass is 10.0. The van der Waals surface area contributed by atoms with Crippen molar-refractivity contribution < 1.29 is 23.1 Å². The maximum Gasteiger partial charge on any atom is 0.153 e. The quantitative estimate of drug-likeness (QED) is 0.833. The lowest BCUT2D eigenvalue weighted by Gasteiger charge is -2.07. The fourth-order valence-corrected chi connectivity index (χ4v) is 1.62. The molecule has 92 valence electrons. The fourth-order valence-electron chi connectivity index (χ4n) is 1.62. The zero-order valence-electron chi connectivity index (χ0n) is 8.95. The molecule has 2 nitrogen and oxygen atoms in total. The predicted molar refractivity (Wildman–Crippen MR) is 58.8 cm³/mol. The minimum atomic E-state index is -1.07. The van der Waals surface area contributed by atoms with Gasteiger partial charge in [0.1, 0.15) is 23.2 Å². The topological polar surface area (TPSA) is 37.3 Å². The Kier molecular flexibility index (Phi) is 3.06. The number of benzene rings is 2. The number of hydrogen-bond donors (Lipinski definition) is 1. The monoisotopic (exact) mass is 252 g/mol. The van der Waals surface area contributed by atoms with Crippen LogP contribution in [0.2, 0.25) is 0 Å². The van der Waals surface area contributed by atoms with Crippen LogP contribution in [0.4, 0.5) is 13.2 Å². The van der Waals surface area contributed by atoms with Gasteiger partial charge in [0.25, 0.3) is 0 Å². The van der Waals surface area contributed by atoms with Crippen molar-refractivity contribution in [1.82, 2.24) is 0 Å². The Bertz CT molecular complexity index is 601. The van der Waals surface area contributed by atoms with Gasteiger partial charge >= 0.3 is 0 Å². The molecule has 0 aliphatic carbocycles. The number of carbonyl (C=O) groups is 1. The van der Waals surface area contributed by atoms with Crippen molar-refractivity contribution in [3.05, 3.63) is 53.3 Å². The highest BCUT2D eigenvalue weighted by molar-refractivity contribution is 5.82. The van der Waals surface area contributed by atoms with Gasteiger partial charge in [-0.3, -0.25) is 4.79 Å². The van der Waals surface area contributed by atoms with Crippen molar-refractivity contribution >= 4 is 6.29 Å². The third kappa shape index (κ3) is 2.07. The zero-order valence-corrected chi connectivity index (χ0v) is 8.95. The van der Waals surface area contributed by atoms with Crippen LogP contribution in [0.3, 0.4) is 0 Å². The fraction of sp³-hybridized carbons (Fsp3) is 0. The van der Waals surface area contributed by atoms with E-state index in [0.29, 0.717) is 18.4 Å². The molecule has 18 heavy (non-hydrogen) atoms. The molecule has 2 aromatic rings. The molecule has 0 fully saturated rings. The Morgan fingerprint density at radius 3 is 2.17 bits per heavy atom. The van der Waals surface area contributed by atoms with Crippen molar-refractivity contribution in [2.24, 2.45) is 0 Å². The smallest absolute Gasteiger partial charge is 0.153 e. The summed E-state index contributed by atoms with van der Waals surface area (Å²) in [4.78, 5) is 10.6. The van der Waals surface area contributed by atoms with E-state index in [1.54, 1.807) is 0 Å². The molecular formula is C13H7F3O2. The Labute approximate surface area is 100 Å². The molecule has 0 radical (unpaired) electrons. The van der Waals surface area contributed by atoms with Crippen LogP contribution in [0, 0.1) is 17.5 Å². The summed E-state index contributed by atoms with van der Waals surface area (Å²) in [7, 11) is 0. The SMILES string of the molecule is O=Cc1cc(-c2c(F)cc(F)cc2F)ccc1O. The van der Waals surface area contributed by atoms with Gasteiger partial charge in [0.05, 0.1) is 11.1 Å². The summed E-state index contributed by atoms with van der Waals surface area (Å²) in [5.74, 6) is -3.47. The maximum absolute atomic E-state index is 13.5. The van der Waals surface area contributed by atoms with Crippen molar-refractivity contribution in [1.29, 1.82) is 0 Å². The van der Waals surface area contributed by atoms with Crippen LogP contribution < -0.4 is 0 Å². The molecule has 0 amide bonds. The van der Waals surface area contributed by atoms with E-state index in [4.69, 9.17) is 0 Å². The number of phenols is 1. The summed E-state index contributed by atoms with van der Waals surface area (Å²) < 4.78 is 39.8. The molecule has 0 aliphatic rings. The van der Waals surface area contributed by atoms with Crippen LogP contribution in [-0.4, -0.2) is 11.4 Å². The van der Waals surface area contributed by atoms with Gasteiger partial charge in [-0.1, -0.05) is 6.07 Å². The van der Waals surface area contributed by atoms with Crippen LogP contribution >= 0.6 is 0 Å². The van der Waals surface area contributed by atoms with Gasteiger partial charge in [0.15, 0.2) is 6.29 Å². The van der Waals surface area contributed by atoms with E-state index in [9.17, 15) is 23.1 Å². The molecule has 2 rings (SSSR count). The first-order valence-electron chi connectivity index (χ1n) is 4.96. The van der Waals surface area contributed by atoms with E-state index in [0.717, 1.165) is 12.1 Å². The average molecular weight is 252 g/mol. The molecule has 0 heterocycles. The van der Waals surface area contributed by atoms with Gasteiger partial charge < -0.3 is 5.11 Å². The van der Waals surface area contributed by atoms with E-state index in [2.05, 4.69) is 0 Å². The van der Waals surface area contributed by atoms with Crippen molar-refractivity contribution in [3.8, 4) is 16.9 Å². The molecule has 0 aliphatic heterocycles. The molecule has 0 spiro atoms. The highest BCUT2D eigenvalue weighted by Crippen LogP contribution is 2.29. The first-order valence-corrected chi connectivity index (χ1v) is 4.96. The molecule has 0 bridgehead atoms. The molecule has 5 heteroatoms. The predicted octanol–water partition coefficient (Wildman–Crippen LogP) is 3.29. The van der Waals surface area contributed by atoms with Gasteiger partial charge in [0, 0.05) is 12.1 Å². The lowest BCUT2D eigenvalue weighted by molar-refractivity contribution is 0.112. The van der Waals surface area contributed by atoms with Crippen molar-refractivity contribution in [3.63, 3.8) is 0 Å². The maximum atomic E-state index is 13.5. The summed E-state index contributed by atoms with van der Waals surface area (Å²) in [6, 6.07) is 4.60. The third-order valence-electron chi connectivity index (χ3n) is 2.45. The van der Waals surface area contributed by atoms with Crippen molar-refractivity contribution in [2.45, 2.75) is 0 Å². The zero-order chi connectivity index (χ0) is 13.3. The minimum Gasteiger partial charge on any atom is -0.507 e. The largest absolute Gasteiger partial charge is 0.507 e. The number of phenolic OH excluding ortho intramolecular Hbond substituents is 1. The molecule has 0 unspecified atom stereocenters. The number of halogens is 3. The summed E-state index contributed by atoms with van der Waals surface area (Å²) in [5, 5.41) is 9.29. The number of rotatable bonds is 2. The Balaban J connectivity index is 2.66. The second kappa shape index (κ2) is 4.52. The molecule has 1 N–H and O–H groups in total. The number of aldehydes is 1. The summed E-state index contributed by atoms with van der Waals surface area (Å²) in [6.07, 6.45) is 0.359. The van der Waals surface area contributed by atoms with Gasteiger partial charge in [-0.2, -0.15) is 0 Å². The normalized spacial score (nSPS) is 10.4. The second-order valence-electron chi connectivity index (χ2n) is 3.64. The van der Waals surface area contributed by atoms with Crippen LogP contribution in [0.1, 0.15) is 10.4 Å². The van der Waals surface area contributed by atoms with Gasteiger partial charge in [-0.15, -0.1) is 0 Å². The highest BCUT2D eigenvalue weighted by Gasteiger charge is 2.14. The number of hydrogen-bond acceptors (Lipinski definition) is 2. The van der Waals surface area contributed by atoms with Gasteiger partial charge in [-0.05, 0) is 17.7 Å². The molecule has 0 saturated carbocycles. The lowest BCUT2D eigenvalue weighted by Crippen LogP contribution is -1.93.